The van der Waals surface area contributed by atoms with Gasteiger partial charge in [0.15, 0.2) is 0 Å². The lowest BCUT2D eigenvalue weighted by Crippen LogP contribution is -2.20. The molecule has 2 aromatic heterocycles. The number of aromatic amines is 1. The maximum absolute atomic E-state index is 12.9. The van der Waals surface area contributed by atoms with E-state index in [4.69, 9.17) is 4.74 Å². The van der Waals surface area contributed by atoms with Crippen molar-refractivity contribution in [2.24, 2.45) is 0 Å². The molecule has 9 heteroatoms. The predicted octanol–water partition coefficient (Wildman–Crippen LogP) is 3.28. The lowest BCUT2D eigenvalue weighted by atomic mass is 10.1. The Morgan fingerprint density at radius 3 is 2.52 bits per heavy atom. The van der Waals surface area contributed by atoms with Crippen molar-refractivity contribution in [2.75, 3.05) is 7.11 Å². The molecular weight excluding hydrogens is 414 g/mol. The molecule has 0 aliphatic carbocycles. The molecule has 0 aliphatic rings. The number of ether oxygens (including phenoxy) is 1. The third kappa shape index (κ3) is 3.55. The van der Waals surface area contributed by atoms with Gasteiger partial charge in [0.1, 0.15) is 6.04 Å². The molecule has 140 valence electrons. The highest BCUT2D eigenvalue weighted by Crippen LogP contribution is 2.23. The number of methoxy groups -OCH3 is 1. The van der Waals surface area contributed by atoms with Crippen LogP contribution in [0.1, 0.15) is 45.1 Å². The quantitative estimate of drug-likeness (QED) is 0.491. The van der Waals surface area contributed by atoms with Crippen molar-refractivity contribution in [2.45, 2.75) is 26.8 Å². The highest BCUT2D eigenvalue weighted by atomic mass is 79.9. The van der Waals surface area contributed by atoms with Crippen LogP contribution in [0.4, 0.5) is 0 Å². The lowest BCUT2D eigenvalue weighted by molar-refractivity contribution is 0.0599. The molecule has 8 nitrogen and oxygen atoms in total. The SMILES string of the molecule is COC(=O)c1c(C)[nH]c(C(=O)[C@@H](C)n2nnc(-c3ccc(Br)cc3)n2)c1C. The second-order valence-corrected chi connectivity index (χ2v) is 7.01. The van der Waals surface area contributed by atoms with E-state index in [1.54, 1.807) is 20.8 Å². The molecule has 1 atom stereocenters. The molecule has 0 aliphatic heterocycles. The van der Waals surface area contributed by atoms with Crippen LogP contribution in [0.5, 0.6) is 0 Å². The first-order valence-electron chi connectivity index (χ1n) is 8.20. The van der Waals surface area contributed by atoms with Crippen LogP contribution in [0.2, 0.25) is 0 Å². The fourth-order valence-electron chi connectivity index (χ4n) is 2.82. The summed E-state index contributed by atoms with van der Waals surface area (Å²) >= 11 is 3.38. The summed E-state index contributed by atoms with van der Waals surface area (Å²) in [5, 5.41) is 12.4. The average Bonchev–Trinajstić information content (AvgIpc) is 3.25. The Morgan fingerprint density at radius 2 is 1.89 bits per heavy atom. The fraction of sp³-hybridized carbons (Fsp3) is 0.278. The number of ketones is 1. The van der Waals surface area contributed by atoms with Gasteiger partial charge in [-0.1, -0.05) is 15.9 Å². The van der Waals surface area contributed by atoms with Crippen molar-refractivity contribution in [1.82, 2.24) is 25.2 Å². The Labute approximate surface area is 164 Å². The van der Waals surface area contributed by atoms with Crippen LogP contribution in [0.15, 0.2) is 28.7 Å². The summed E-state index contributed by atoms with van der Waals surface area (Å²) < 4.78 is 5.73. The monoisotopic (exact) mass is 431 g/mol. The maximum Gasteiger partial charge on any atom is 0.339 e. The van der Waals surface area contributed by atoms with Gasteiger partial charge in [0.25, 0.3) is 0 Å². The number of aromatic nitrogens is 5. The van der Waals surface area contributed by atoms with E-state index in [0.717, 1.165) is 10.0 Å². The number of rotatable bonds is 5. The fourth-order valence-corrected chi connectivity index (χ4v) is 3.09. The van der Waals surface area contributed by atoms with E-state index in [0.29, 0.717) is 28.3 Å². The zero-order valence-corrected chi connectivity index (χ0v) is 16.9. The number of nitrogens with zero attached hydrogens (tertiary/aromatic N) is 4. The predicted molar refractivity (Wildman–Crippen MR) is 102 cm³/mol. The number of nitrogens with one attached hydrogen (secondary N) is 1. The van der Waals surface area contributed by atoms with E-state index in [2.05, 4.69) is 36.3 Å². The first kappa shape index (κ1) is 19.0. The van der Waals surface area contributed by atoms with Crippen molar-refractivity contribution >= 4 is 27.7 Å². The van der Waals surface area contributed by atoms with Crippen molar-refractivity contribution < 1.29 is 14.3 Å². The zero-order valence-electron chi connectivity index (χ0n) is 15.3. The molecule has 0 radical (unpaired) electrons. The summed E-state index contributed by atoms with van der Waals surface area (Å²) in [7, 11) is 1.31. The van der Waals surface area contributed by atoms with Gasteiger partial charge in [-0.25, -0.2) is 4.79 Å². The summed E-state index contributed by atoms with van der Waals surface area (Å²) in [4.78, 5) is 29.1. The summed E-state index contributed by atoms with van der Waals surface area (Å²) in [5.74, 6) is -0.299. The molecule has 3 rings (SSSR count). The number of aryl methyl sites for hydroxylation is 1. The number of Topliss-reactive ketones (excluding diaryl/α,β-unsaturated/α-hetero) is 1. The van der Waals surface area contributed by atoms with Gasteiger partial charge in [-0.2, -0.15) is 4.80 Å². The second-order valence-electron chi connectivity index (χ2n) is 6.10. The van der Waals surface area contributed by atoms with Crippen LogP contribution in [0.25, 0.3) is 11.4 Å². The Balaban J connectivity index is 1.88. The van der Waals surface area contributed by atoms with Crippen molar-refractivity contribution in [3.05, 3.63) is 51.3 Å². The van der Waals surface area contributed by atoms with E-state index < -0.39 is 12.0 Å². The van der Waals surface area contributed by atoms with E-state index >= 15 is 0 Å². The van der Waals surface area contributed by atoms with Crippen molar-refractivity contribution in [3.63, 3.8) is 0 Å². The number of halogens is 1. The van der Waals surface area contributed by atoms with Crippen LogP contribution in [-0.2, 0) is 4.74 Å². The smallest absolute Gasteiger partial charge is 0.339 e. The number of hydrogen-bond donors (Lipinski definition) is 1. The first-order valence-corrected chi connectivity index (χ1v) is 9.00. The number of benzene rings is 1. The Hall–Kier alpha value is -2.81. The number of hydrogen-bond acceptors (Lipinski definition) is 6. The van der Waals surface area contributed by atoms with Crippen LogP contribution in [-0.4, -0.2) is 44.1 Å². The molecule has 1 aromatic carbocycles. The molecule has 27 heavy (non-hydrogen) atoms. The summed E-state index contributed by atoms with van der Waals surface area (Å²) in [6.07, 6.45) is 0. The van der Waals surface area contributed by atoms with Gasteiger partial charge in [-0.3, -0.25) is 4.79 Å². The van der Waals surface area contributed by atoms with Crippen LogP contribution >= 0.6 is 15.9 Å². The Bertz CT molecular complexity index is 1010. The molecule has 0 fully saturated rings. The summed E-state index contributed by atoms with van der Waals surface area (Å²) in [6, 6.07) is 6.79. The Morgan fingerprint density at radius 1 is 1.22 bits per heavy atom. The molecule has 2 heterocycles. The second kappa shape index (κ2) is 7.43. The van der Waals surface area contributed by atoms with Crippen LogP contribution in [0.3, 0.4) is 0 Å². The lowest BCUT2D eigenvalue weighted by Gasteiger charge is -2.08. The number of carbonyl (C=O) groups excluding carboxylic acids is 2. The van der Waals surface area contributed by atoms with Gasteiger partial charge in [0, 0.05) is 15.7 Å². The number of H-pyrrole nitrogens is 1. The highest BCUT2D eigenvalue weighted by Gasteiger charge is 2.27. The molecule has 0 amide bonds. The number of esters is 1. The van der Waals surface area contributed by atoms with Gasteiger partial charge in [-0.15, -0.1) is 10.2 Å². The molecule has 0 saturated carbocycles. The van der Waals surface area contributed by atoms with Gasteiger partial charge in [-0.05, 0) is 55.8 Å². The van der Waals surface area contributed by atoms with Gasteiger partial charge < -0.3 is 9.72 Å². The molecule has 0 bridgehead atoms. The minimum absolute atomic E-state index is 0.245. The number of tetrazole rings is 1. The largest absolute Gasteiger partial charge is 0.465 e. The van der Waals surface area contributed by atoms with Crippen LogP contribution < -0.4 is 0 Å². The minimum Gasteiger partial charge on any atom is -0.465 e. The van der Waals surface area contributed by atoms with E-state index in [1.165, 1.54) is 11.9 Å². The highest BCUT2D eigenvalue weighted by molar-refractivity contribution is 9.10. The van der Waals surface area contributed by atoms with E-state index in [-0.39, 0.29) is 5.78 Å². The molecule has 0 unspecified atom stereocenters. The van der Waals surface area contributed by atoms with E-state index in [1.807, 2.05) is 24.3 Å². The minimum atomic E-state index is -0.691. The molecule has 1 N–H and O–H groups in total. The molecule has 3 aromatic rings. The standard InChI is InChI=1S/C18H18BrN5O3/c1-9-14(18(26)27-4)10(2)20-15(9)16(25)11(3)24-22-17(21-23-24)12-5-7-13(19)8-6-12/h5-8,11,20H,1-4H3/t11-/m1/s1. The van der Waals surface area contributed by atoms with Crippen molar-refractivity contribution in [1.29, 1.82) is 0 Å². The Kier molecular flexibility index (Phi) is 5.22. The summed E-state index contributed by atoms with van der Waals surface area (Å²) in [6.45, 7) is 5.11. The maximum atomic E-state index is 12.9. The van der Waals surface area contributed by atoms with Gasteiger partial charge >= 0.3 is 5.97 Å². The topological polar surface area (TPSA) is 103 Å². The van der Waals surface area contributed by atoms with Crippen molar-refractivity contribution in [3.8, 4) is 11.4 Å². The zero-order chi connectivity index (χ0) is 19.7. The third-order valence-corrected chi connectivity index (χ3v) is 4.86. The van der Waals surface area contributed by atoms with Gasteiger partial charge in [0.2, 0.25) is 11.6 Å². The molecule has 0 saturated heterocycles. The molecule has 0 spiro atoms. The summed E-state index contributed by atoms with van der Waals surface area (Å²) in [5.41, 5.74) is 2.63. The van der Waals surface area contributed by atoms with E-state index in [9.17, 15) is 9.59 Å². The molecular formula is C18H18BrN5O3. The third-order valence-electron chi connectivity index (χ3n) is 4.33. The van der Waals surface area contributed by atoms with Gasteiger partial charge in [0.05, 0.1) is 18.4 Å². The first-order chi connectivity index (χ1) is 12.8. The van der Waals surface area contributed by atoms with Crippen LogP contribution in [0, 0.1) is 13.8 Å². The average molecular weight is 432 g/mol. The number of carbonyl (C=O) groups is 2. The normalized spacial score (nSPS) is 12.0.